The summed E-state index contributed by atoms with van der Waals surface area (Å²) in [4.78, 5) is 9.54. The van der Waals surface area contributed by atoms with Crippen LogP contribution in [0.4, 0.5) is 11.4 Å². The number of aliphatic imine (C=N–C) groups is 2. The molecule has 0 aliphatic rings. The Hall–Kier alpha value is -2.52. The summed E-state index contributed by atoms with van der Waals surface area (Å²) in [5.74, 6) is 0.507. The van der Waals surface area contributed by atoms with Gasteiger partial charge in [-0.05, 0) is 57.1 Å². The van der Waals surface area contributed by atoms with Crippen LogP contribution in [0.2, 0.25) is 0 Å². The Labute approximate surface area is 287 Å². The fraction of sp³-hybridized carbons (Fsp3) is 0.462. The quantitative estimate of drug-likeness (QED) is 0.214. The van der Waals surface area contributed by atoms with E-state index in [2.05, 4.69) is 102 Å². The summed E-state index contributed by atoms with van der Waals surface area (Å²) in [7, 11) is 0. The van der Waals surface area contributed by atoms with Crippen LogP contribution in [-0.2, 0) is 47.9 Å². The van der Waals surface area contributed by atoms with Crippen molar-refractivity contribution >= 4 is 23.8 Å². The van der Waals surface area contributed by atoms with E-state index in [0.717, 1.165) is 28.7 Å². The van der Waals surface area contributed by atoms with Crippen molar-refractivity contribution in [2.75, 3.05) is 0 Å². The molecule has 0 spiro atoms. The number of phenolic OH excluding ortho intramolecular Hbond substituents is 2. The second-order valence-corrected chi connectivity index (χ2v) is 15.4. The van der Waals surface area contributed by atoms with Crippen molar-refractivity contribution in [3.8, 4) is 11.5 Å². The third-order valence-electron chi connectivity index (χ3n) is 7.19. The summed E-state index contributed by atoms with van der Waals surface area (Å²) < 4.78 is 0. The summed E-state index contributed by atoms with van der Waals surface area (Å²) in [6.07, 6.45) is 4.45. The van der Waals surface area contributed by atoms with Crippen LogP contribution in [0.5, 0.6) is 11.5 Å². The van der Waals surface area contributed by atoms with Gasteiger partial charge in [0.1, 0.15) is 11.5 Å². The smallest absolute Gasteiger partial charge is 0.507 e. The molecule has 44 heavy (non-hydrogen) atoms. The molecule has 4 nitrogen and oxygen atoms in total. The molecular formula is C39H55N2O2Zr+. The number of aromatic hydroxyl groups is 2. The molecule has 3 aromatic rings. The summed E-state index contributed by atoms with van der Waals surface area (Å²) >= 11 is 0. The molecule has 0 bridgehead atoms. The van der Waals surface area contributed by atoms with Crippen LogP contribution < -0.4 is 0 Å². The summed E-state index contributed by atoms with van der Waals surface area (Å²) in [5, 5.41) is 22.4. The Bertz CT molecular complexity index is 1350. The Kier molecular flexibility index (Phi) is 13.6. The molecule has 0 heterocycles. The maximum atomic E-state index is 11.2. The van der Waals surface area contributed by atoms with Gasteiger partial charge in [-0.25, -0.2) is 0 Å². The molecule has 3 rings (SSSR count). The minimum atomic E-state index is -0.217. The van der Waals surface area contributed by atoms with Gasteiger partial charge in [0, 0.05) is 34.7 Å². The first kappa shape index (κ1) is 39.5. The Morgan fingerprint density at radius 2 is 0.886 bits per heavy atom. The second kappa shape index (κ2) is 15.2. The molecule has 236 valence electrons. The van der Waals surface area contributed by atoms with E-state index in [1.807, 2.05) is 43.3 Å². The molecular weight excluding hydrogens is 620 g/mol. The maximum Gasteiger partial charge on any atom is 2.00 e. The molecule has 0 aliphatic heterocycles. The van der Waals surface area contributed by atoms with Gasteiger partial charge in [0.05, 0.1) is 11.4 Å². The van der Waals surface area contributed by atoms with Gasteiger partial charge in [0.2, 0.25) is 0 Å². The number of hydrogen-bond donors (Lipinski definition) is 2. The van der Waals surface area contributed by atoms with Crippen molar-refractivity contribution in [2.24, 2.45) is 9.98 Å². The molecule has 0 unspecified atom stereocenters. The van der Waals surface area contributed by atoms with Crippen molar-refractivity contribution in [3.05, 3.63) is 88.8 Å². The SMILES string of the molecule is CC(C)(C)c1cc(C=Nc2ccccc2N=Cc2cc(C(C)(C)C)cc(C(C)(C)C)c2O)c(O)c(C(C)(C)C)c1.[CH2-]CC.[Zr+2]. The standard InChI is InChI=1S/C36H48N2O2.C3H7.Zr/c1-33(2,3)25-17-23(31(39)27(19-25)35(7,8)9)21-37-29-15-13-14-16-30(29)38-22-24-18-26(34(4,5)6)20-28(32(24)40)36(10,11)12;1-3-2;/h13-22,39-40H,1-12H3;1,3H2,2H3;/q;-1;+2. The molecule has 2 N–H and O–H groups in total. The molecule has 3 aromatic carbocycles. The van der Waals surface area contributed by atoms with E-state index in [1.54, 1.807) is 12.4 Å². The van der Waals surface area contributed by atoms with Crippen molar-refractivity contribution in [3.63, 3.8) is 0 Å². The monoisotopic (exact) mass is 673 g/mol. The number of phenols is 2. The molecule has 0 aliphatic carbocycles. The summed E-state index contributed by atoms with van der Waals surface area (Å²) in [6, 6.07) is 15.9. The predicted octanol–water partition coefficient (Wildman–Crippen LogP) is 11.0. The topological polar surface area (TPSA) is 65.2 Å². The zero-order chi connectivity index (χ0) is 33.0. The van der Waals surface area contributed by atoms with Gasteiger partial charge in [-0.1, -0.05) is 114 Å². The number of hydrogen-bond acceptors (Lipinski definition) is 4. The van der Waals surface area contributed by atoms with Crippen LogP contribution in [0.15, 0.2) is 58.5 Å². The van der Waals surface area contributed by atoms with Gasteiger partial charge >= 0.3 is 26.2 Å². The third-order valence-corrected chi connectivity index (χ3v) is 7.19. The van der Waals surface area contributed by atoms with E-state index in [4.69, 9.17) is 9.98 Å². The van der Waals surface area contributed by atoms with Crippen molar-refractivity contribution in [2.45, 2.75) is 118 Å². The van der Waals surface area contributed by atoms with Crippen LogP contribution in [-0.4, -0.2) is 22.6 Å². The van der Waals surface area contributed by atoms with E-state index >= 15 is 0 Å². The van der Waals surface area contributed by atoms with Crippen molar-refractivity contribution in [1.82, 2.24) is 0 Å². The molecule has 0 radical (unpaired) electrons. The van der Waals surface area contributed by atoms with Gasteiger partial charge in [-0.15, -0.1) is 0 Å². The van der Waals surface area contributed by atoms with Crippen LogP contribution in [0.3, 0.4) is 0 Å². The first-order valence-corrected chi connectivity index (χ1v) is 15.3. The number of nitrogens with zero attached hydrogens (tertiary/aromatic N) is 2. The molecule has 0 saturated carbocycles. The number of rotatable bonds is 4. The van der Waals surface area contributed by atoms with Gasteiger partial charge in [-0.3, -0.25) is 9.98 Å². The van der Waals surface area contributed by atoms with E-state index < -0.39 is 0 Å². The third kappa shape index (κ3) is 10.5. The average Bonchev–Trinajstić information content (AvgIpc) is 2.85. The second-order valence-electron chi connectivity index (χ2n) is 15.4. The molecule has 0 amide bonds. The average molecular weight is 675 g/mol. The Balaban J connectivity index is 0.00000232. The number of benzene rings is 3. The van der Waals surface area contributed by atoms with Crippen LogP contribution in [0.25, 0.3) is 0 Å². The van der Waals surface area contributed by atoms with E-state index in [0.29, 0.717) is 22.5 Å². The van der Waals surface area contributed by atoms with Crippen LogP contribution in [0.1, 0.15) is 130 Å². The van der Waals surface area contributed by atoms with E-state index in [-0.39, 0.29) is 59.4 Å². The van der Waals surface area contributed by atoms with Crippen LogP contribution >= 0.6 is 0 Å². The summed E-state index contributed by atoms with van der Waals surface area (Å²) in [5.41, 5.74) is 6.23. The minimum Gasteiger partial charge on any atom is -0.507 e. The first-order valence-electron chi connectivity index (χ1n) is 15.3. The molecule has 0 fully saturated rings. The van der Waals surface area contributed by atoms with Gasteiger partial charge in [0.15, 0.2) is 0 Å². The Morgan fingerprint density at radius 1 is 0.591 bits per heavy atom. The number of para-hydroxylation sites is 2. The summed E-state index contributed by atoms with van der Waals surface area (Å²) in [6.45, 7) is 31.2. The Morgan fingerprint density at radius 3 is 1.14 bits per heavy atom. The molecule has 5 heteroatoms. The maximum absolute atomic E-state index is 11.2. The zero-order valence-corrected chi connectivity index (χ0v) is 31.9. The predicted molar refractivity (Wildman–Crippen MR) is 188 cm³/mol. The van der Waals surface area contributed by atoms with Gasteiger partial charge in [0.25, 0.3) is 0 Å². The first-order chi connectivity index (χ1) is 19.6. The van der Waals surface area contributed by atoms with Gasteiger partial charge < -0.3 is 17.1 Å². The molecule has 0 aromatic heterocycles. The van der Waals surface area contributed by atoms with Crippen molar-refractivity contribution < 1.29 is 36.4 Å². The van der Waals surface area contributed by atoms with Crippen molar-refractivity contribution in [1.29, 1.82) is 0 Å². The van der Waals surface area contributed by atoms with E-state index in [1.165, 1.54) is 0 Å². The van der Waals surface area contributed by atoms with E-state index in [9.17, 15) is 10.2 Å². The fourth-order valence-corrected chi connectivity index (χ4v) is 4.48. The van der Waals surface area contributed by atoms with Gasteiger partial charge in [-0.2, -0.15) is 6.42 Å². The minimum absolute atomic E-state index is 0. The largest absolute Gasteiger partial charge is 2.00 e. The zero-order valence-electron chi connectivity index (χ0n) is 29.5. The molecule has 0 saturated heterocycles. The molecule has 0 atom stereocenters. The normalized spacial score (nSPS) is 12.7. The van der Waals surface area contributed by atoms with Crippen LogP contribution in [0, 0.1) is 6.92 Å². The fourth-order valence-electron chi connectivity index (χ4n) is 4.48.